The van der Waals surface area contributed by atoms with E-state index < -0.39 is 10.4 Å². The van der Waals surface area contributed by atoms with Crippen LogP contribution in [0, 0.1) is 0 Å². The highest BCUT2D eigenvalue weighted by Gasteiger charge is 2.22. The van der Waals surface area contributed by atoms with Crippen LogP contribution in [0.15, 0.2) is 42.7 Å². The third kappa shape index (κ3) is 13.3. The average molecular weight is 427 g/mol. The maximum absolute atomic E-state index is 8.74. The van der Waals surface area contributed by atoms with Crippen molar-refractivity contribution in [3.05, 3.63) is 48.3 Å². The van der Waals surface area contributed by atoms with Gasteiger partial charge in [-0.05, 0) is 18.4 Å². The van der Waals surface area contributed by atoms with Crippen molar-refractivity contribution < 1.29 is 17.5 Å². The Morgan fingerprint density at radius 2 is 1.38 bits per heavy atom. The first-order valence-corrected chi connectivity index (χ1v) is 12.1. The van der Waals surface area contributed by atoms with Crippen molar-refractivity contribution in [2.45, 2.75) is 83.8 Å². The van der Waals surface area contributed by atoms with Gasteiger partial charge in [-0.2, -0.15) is 8.42 Å². The van der Waals surface area contributed by atoms with E-state index in [-0.39, 0.29) is 0 Å². The minimum absolute atomic E-state index is 0.537. The first-order valence-electron chi connectivity index (χ1n) is 10.7. The van der Waals surface area contributed by atoms with Crippen LogP contribution in [0.3, 0.4) is 0 Å². The predicted molar refractivity (Wildman–Crippen MR) is 119 cm³/mol. The van der Waals surface area contributed by atoms with Crippen molar-refractivity contribution >= 4 is 10.4 Å². The highest BCUT2D eigenvalue weighted by Crippen LogP contribution is 2.22. The largest absolute Gasteiger partial charge is 0.394 e. The Hall–Kier alpha value is -1.57. The van der Waals surface area contributed by atoms with Gasteiger partial charge in [0.15, 0.2) is 0 Å². The maximum atomic E-state index is 8.74. The van der Waals surface area contributed by atoms with Crippen LogP contribution >= 0.6 is 0 Å². The van der Waals surface area contributed by atoms with E-state index in [2.05, 4.69) is 66.5 Å². The zero-order chi connectivity index (χ0) is 21.5. The Morgan fingerprint density at radius 1 is 0.862 bits per heavy atom. The number of nitrogens with zero attached hydrogens (tertiary/aromatic N) is 2. The molecule has 0 aliphatic carbocycles. The zero-order valence-corrected chi connectivity index (χ0v) is 18.7. The van der Waals surface area contributed by atoms with Crippen molar-refractivity contribution in [2.24, 2.45) is 0 Å². The molecule has 166 valence electrons. The molecule has 1 heterocycles. The van der Waals surface area contributed by atoms with Crippen molar-refractivity contribution in [1.29, 1.82) is 0 Å². The lowest BCUT2D eigenvalue weighted by molar-refractivity contribution is 0.155. The Balaban J connectivity index is 0.000000749. The van der Waals surface area contributed by atoms with Gasteiger partial charge in [-0.1, -0.05) is 88.6 Å². The van der Waals surface area contributed by atoms with Crippen molar-refractivity contribution in [1.82, 2.24) is 9.80 Å². The second kappa shape index (κ2) is 14.4. The average Bonchev–Trinajstić information content (AvgIpc) is 2.99. The molecule has 1 aliphatic heterocycles. The van der Waals surface area contributed by atoms with Gasteiger partial charge in [0.05, 0.1) is 0 Å². The van der Waals surface area contributed by atoms with E-state index in [4.69, 9.17) is 17.5 Å². The predicted octanol–water partition coefficient (Wildman–Crippen LogP) is 5.50. The van der Waals surface area contributed by atoms with E-state index in [1.165, 1.54) is 69.8 Å². The molecule has 0 saturated heterocycles. The summed E-state index contributed by atoms with van der Waals surface area (Å²) in [4.78, 5) is 4.85. The summed E-state index contributed by atoms with van der Waals surface area (Å²) in [6, 6.07) is 10.8. The van der Waals surface area contributed by atoms with Crippen LogP contribution in [0.25, 0.3) is 0 Å². The highest BCUT2D eigenvalue weighted by molar-refractivity contribution is 7.79. The van der Waals surface area contributed by atoms with Crippen LogP contribution in [0.5, 0.6) is 0 Å². The Morgan fingerprint density at radius 3 is 1.93 bits per heavy atom. The molecule has 0 radical (unpaired) electrons. The lowest BCUT2D eigenvalue weighted by Crippen LogP contribution is -2.36. The Kier molecular flexibility index (Phi) is 12.7. The van der Waals surface area contributed by atoms with Gasteiger partial charge in [0.2, 0.25) is 0 Å². The molecular formula is C22H38N2O4S. The molecule has 1 aromatic carbocycles. The van der Waals surface area contributed by atoms with E-state index in [9.17, 15) is 0 Å². The molecule has 7 heteroatoms. The molecule has 0 amide bonds. The first-order chi connectivity index (χ1) is 13.8. The molecule has 2 N–H and O–H groups in total. The van der Waals surface area contributed by atoms with Gasteiger partial charge >= 0.3 is 10.4 Å². The summed E-state index contributed by atoms with van der Waals surface area (Å²) in [6.07, 6.45) is 18.9. The highest BCUT2D eigenvalue weighted by atomic mass is 32.3. The van der Waals surface area contributed by atoms with Gasteiger partial charge in [-0.3, -0.25) is 9.11 Å². The number of hydrogen-bond acceptors (Lipinski definition) is 4. The van der Waals surface area contributed by atoms with E-state index in [0.717, 1.165) is 6.54 Å². The minimum Gasteiger partial charge on any atom is -0.359 e. The van der Waals surface area contributed by atoms with Gasteiger partial charge in [-0.15, -0.1) is 0 Å². The fraction of sp³-hybridized carbons (Fsp3) is 0.636. The fourth-order valence-corrected chi connectivity index (χ4v) is 3.58. The third-order valence-corrected chi connectivity index (χ3v) is 5.12. The van der Waals surface area contributed by atoms with Crippen LogP contribution in [-0.2, 0) is 16.9 Å². The van der Waals surface area contributed by atoms with E-state index in [0.29, 0.717) is 6.17 Å². The first kappa shape index (κ1) is 25.5. The summed E-state index contributed by atoms with van der Waals surface area (Å²) < 4.78 is 31.6. The lowest BCUT2D eigenvalue weighted by Gasteiger charge is -2.30. The summed E-state index contributed by atoms with van der Waals surface area (Å²) in [5.41, 5.74) is 1.40. The SMILES string of the molecule is CCCCCCCCCCCC1N(C)C=CN1Cc1ccccc1.O=S(=O)(O)O. The molecule has 0 aromatic heterocycles. The standard InChI is InChI=1S/C22H36N2.H2O4S/c1-3-4-5-6-7-8-9-10-14-17-22-23(2)18-19-24(22)20-21-15-12-11-13-16-21;1-5(2,3)4/h11-13,15-16,18-19,22H,3-10,14,17,20H2,1-2H3;(H2,1,2,3,4). The summed E-state index contributed by atoms with van der Waals surface area (Å²) in [5, 5.41) is 0. The van der Waals surface area contributed by atoms with E-state index in [1.54, 1.807) is 0 Å². The molecule has 1 atom stereocenters. The number of benzene rings is 1. The summed E-state index contributed by atoms with van der Waals surface area (Å²) in [7, 11) is -2.46. The molecule has 0 spiro atoms. The topological polar surface area (TPSA) is 81.1 Å². The normalized spacial score (nSPS) is 16.1. The molecule has 1 unspecified atom stereocenters. The summed E-state index contributed by atoms with van der Waals surface area (Å²) in [5.74, 6) is 0. The van der Waals surface area contributed by atoms with Crippen LogP contribution in [0.4, 0.5) is 0 Å². The molecular weight excluding hydrogens is 388 g/mol. The van der Waals surface area contributed by atoms with Crippen LogP contribution in [0.1, 0.15) is 76.7 Å². The van der Waals surface area contributed by atoms with E-state index in [1.807, 2.05) is 0 Å². The van der Waals surface area contributed by atoms with Crippen LogP contribution in [-0.4, -0.2) is 40.5 Å². The van der Waals surface area contributed by atoms with Gasteiger partial charge in [0.1, 0.15) is 6.17 Å². The zero-order valence-electron chi connectivity index (χ0n) is 17.9. The number of unbranched alkanes of at least 4 members (excludes halogenated alkanes) is 8. The minimum atomic E-state index is -4.67. The van der Waals surface area contributed by atoms with Crippen molar-refractivity contribution in [3.8, 4) is 0 Å². The second-order valence-corrected chi connectivity index (χ2v) is 8.56. The van der Waals surface area contributed by atoms with Crippen LogP contribution < -0.4 is 0 Å². The Bertz CT molecular complexity index is 657. The number of hydrogen-bond donors (Lipinski definition) is 2. The summed E-state index contributed by atoms with van der Waals surface area (Å²) >= 11 is 0. The molecule has 2 rings (SSSR count). The quantitative estimate of drug-likeness (QED) is 0.339. The van der Waals surface area contributed by atoms with Gasteiger partial charge in [0, 0.05) is 26.0 Å². The van der Waals surface area contributed by atoms with Crippen LogP contribution in [0.2, 0.25) is 0 Å². The van der Waals surface area contributed by atoms with Gasteiger partial charge < -0.3 is 9.80 Å². The fourth-order valence-electron chi connectivity index (χ4n) is 3.58. The molecule has 6 nitrogen and oxygen atoms in total. The molecule has 1 aromatic rings. The molecule has 29 heavy (non-hydrogen) atoms. The Labute approximate surface area is 177 Å². The number of rotatable bonds is 12. The second-order valence-electron chi connectivity index (χ2n) is 7.67. The van der Waals surface area contributed by atoms with Crippen molar-refractivity contribution in [2.75, 3.05) is 7.05 Å². The van der Waals surface area contributed by atoms with Crippen molar-refractivity contribution in [3.63, 3.8) is 0 Å². The smallest absolute Gasteiger partial charge is 0.359 e. The molecule has 1 aliphatic rings. The van der Waals surface area contributed by atoms with E-state index >= 15 is 0 Å². The molecule has 0 fully saturated rings. The summed E-state index contributed by atoms with van der Waals surface area (Å²) in [6.45, 7) is 3.31. The molecule has 0 bridgehead atoms. The maximum Gasteiger partial charge on any atom is 0.394 e. The van der Waals surface area contributed by atoms with Gasteiger partial charge in [-0.25, -0.2) is 0 Å². The third-order valence-electron chi connectivity index (χ3n) is 5.12. The van der Waals surface area contributed by atoms with Gasteiger partial charge in [0.25, 0.3) is 0 Å². The monoisotopic (exact) mass is 426 g/mol. The lowest BCUT2D eigenvalue weighted by atomic mass is 10.1. The molecule has 0 saturated carbocycles.